The van der Waals surface area contributed by atoms with E-state index in [1.165, 1.54) is 12.1 Å². The number of halogens is 1. The van der Waals surface area contributed by atoms with E-state index in [1.807, 2.05) is 33.9 Å². The number of aromatic nitrogens is 2. The third-order valence-corrected chi connectivity index (χ3v) is 5.11. The van der Waals surface area contributed by atoms with E-state index in [0.717, 1.165) is 42.8 Å². The number of aryl methyl sites for hydroxylation is 1. The summed E-state index contributed by atoms with van der Waals surface area (Å²) in [6.07, 6.45) is 2.65. The van der Waals surface area contributed by atoms with E-state index in [9.17, 15) is 9.18 Å². The van der Waals surface area contributed by atoms with Gasteiger partial charge in [-0.2, -0.15) is 5.10 Å². The van der Waals surface area contributed by atoms with Crippen LogP contribution in [0.4, 0.5) is 4.39 Å². The molecule has 0 radical (unpaired) electrons. The number of rotatable bonds is 9. The van der Waals surface area contributed by atoms with E-state index in [4.69, 9.17) is 0 Å². The maximum absolute atomic E-state index is 13.0. The van der Waals surface area contributed by atoms with Crippen molar-refractivity contribution in [1.29, 1.82) is 0 Å². The number of carbonyl (C=O) groups excluding carboxylic acids is 1. The molecule has 1 amide bonds. The van der Waals surface area contributed by atoms with Crippen molar-refractivity contribution in [2.24, 2.45) is 0 Å². The van der Waals surface area contributed by atoms with Gasteiger partial charge in [-0.1, -0.05) is 6.92 Å². The van der Waals surface area contributed by atoms with Crippen LogP contribution in [0.1, 0.15) is 46.2 Å². The summed E-state index contributed by atoms with van der Waals surface area (Å²) in [5.74, 6) is -0.192. The lowest BCUT2D eigenvalue weighted by molar-refractivity contribution is -0.127. The minimum absolute atomic E-state index is 0.0597. The van der Waals surface area contributed by atoms with Crippen LogP contribution in [0, 0.1) is 5.82 Å². The molecule has 0 aliphatic heterocycles. The first kappa shape index (κ1) is 21.1. The molecule has 1 unspecified atom stereocenters. The normalized spacial score (nSPS) is 13.0. The second-order valence-corrected chi connectivity index (χ2v) is 7.77. The van der Waals surface area contributed by atoms with E-state index in [1.54, 1.807) is 12.1 Å². The minimum atomic E-state index is -0.252. The molecular weight excluding hydrogens is 343 g/mol. The van der Waals surface area contributed by atoms with Crippen molar-refractivity contribution in [2.75, 3.05) is 13.6 Å². The highest BCUT2D eigenvalue weighted by atomic mass is 19.1. The largest absolute Gasteiger partial charge is 0.350 e. The standard InChI is InChI=1S/C21H31FN4O/c1-6-21(3,4)23-20(27)15(2)26(5)13-7-8-18-14-19(25-24-18)16-9-11-17(22)12-10-16/h9-12,14-15H,6-8,13H2,1-5H3,(H,23,27)(H,24,25). The monoisotopic (exact) mass is 374 g/mol. The molecule has 27 heavy (non-hydrogen) atoms. The zero-order valence-corrected chi connectivity index (χ0v) is 17.0. The molecule has 0 bridgehead atoms. The van der Waals surface area contributed by atoms with Crippen molar-refractivity contribution in [3.05, 3.63) is 41.8 Å². The molecule has 1 heterocycles. The predicted octanol–water partition coefficient (Wildman–Crippen LogP) is 3.77. The van der Waals surface area contributed by atoms with Crippen LogP contribution in [0.15, 0.2) is 30.3 Å². The zero-order chi connectivity index (χ0) is 20.0. The van der Waals surface area contributed by atoms with Gasteiger partial charge in [-0.25, -0.2) is 4.39 Å². The van der Waals surface area contributed by atoms with Gasteiger partial charge in [0.2, 0.25) is 5.91 Å². The van der Waals surface area contributed by atoms with Gasteiger partial charge in [-0.15, -0.1) is 0 Å². The average Bonchev–Trinajstić information content (AvgIpc) is 3.10. The SMILES string of the molecule is CCC(C)(C)NC(=O)C(C)N(C)CCCc1cc(-c2ccc(F)cc2)n[nH]1. The molecular formula is C21H31FN4O. The molecule has 1 aromatic heterocycles. The fourth-order valence-electron chi connectivity index (χ4n) is 2.70. The Morgan fingerprint density at radius 2 is 2.00 bits per heavy atom. The number of benzene rings is 1. The molecule has 2 rings (SSSR count). The molecule has 2 N–H and O–H groups in total. The molecule has 0 saturated heterocycles. The summed E-state index contributed by atoms with van der Waals surface area (Å²) in [4.78, 5) is 14.4. The average molecular weight is 375 g/mol. The molecule has 0 aliphatic carbocycles. The Morgan fingerprint density at radius 3 is 2.63 bits per heavy atom. The van der Waals surface area contributed by atoms with Gasteiger partial charge in [0.1, 0.15) is 5.82 Å². The van der Waals surface area contributed by atoms with E-state index >= 15 is 0 Å². The van der Waals surface area contributed by atoms with Gasteiger partial charge < -0.3 is 5.32 Å². The van der Waals surface area contributed by atoms with E-state index in [-0.39, 0.29) is 23.3 Å². The second kappa shape index (κ2) is 9.13. The number of carbonyl (C=O) groups is 1. The van der Waals surface area contributed by atoms with Crippen molar-refractivity contribution in [2.45, 2.75) is 58.5 Å². The molecule has 148 valence electrons. The Labute approximate surface area is 161 Å². The molecule has 0 fully saturated rings. The van der Waals surface area contributed by atoms with Crippen LogP contribution >= 0.6 is 0 Å². The van der Waals surface area contributed by atoms with E-state index in [0.29, 0.717) is 0 Å². The van der Waals surface area contributed by atoms with Gasteiger partial charge in [-0.05, 0) is 84.0 Å². The van der Waals surface area contributed by atoms with Gasteiger partial charge in [0.15, 0.2) is 0 Å². The molecule has 5 nitrogen and oxygen atoms in total. The summed E-state index contributed by atoms with van der Waals surface area (Å²) in [6.45, 7) is 8.89. The molecule has 0 saturated carbocycles. The molecule has 0 spiro atoms. The number of aromatic amines is 1. The van der Waals surface area contributed by atoms with Crippen LogP contribution < -0.4 is 5.32 Å². The van der Waals surface area contributed by atoms with Crippen LogP contribution in [0.25, 0.3) is 11.3 Å². The number of likely N-dealkylation sites (N-methyl/N-ethyl adjacent to an activating group) is 1. The lowest BCUT2D eigenvalue weighted by Crippen LogP contribution is -2.51. The predicted molar refractivity (Wildman–Crippen MR) is 107 cm³/mol. The Kier molecular flexibility index (Phi) is 7.13. The molecule has 1 aromatic carbocycles. The first-order valence-corrected chi connectivity index (χ1v) is 9.54. The maximum atomic E-state index is 13.0. The number of nitrogens with zero attached hydrogens (tertiary/aromatic N) is 2. The van der Waals surface area contributed by atoms with Crippen LogP contribution in [0.5, 0.6) is 0 Å². The van der Waals surface area contributed by atoms with Crippen molar-refractivity contribution in [3.63, 3.8) is 0 Å². The van der Waals surface area contributed by atoms with Crippen LogP contribution in [0.3, 0.4) is 0 Å². The lowest BCUT2D eigenvalue weighted by atomic mass is 10.0. The minimum Gasteiger partial charge on any atom is -0.350 e. The first-order chi connectivity index (χ1) is 12.7. The lowest BCUT2D eigenvalue weighted by Gasteiger charge is -2.30. The third-order valence-electron chi connectivity index (χ3n) is 5.11. The second-order valence-electron chi connectivity index (χ2n) is 7.77. The maximum Gasteiger partial charge on any atom is 0.237 e. The summed E-state index contributed by atoms with van der Waals surface area (Å²) in [7, 11) is 1.97. The number of H-pyrrole nitrogens is 1. The van der Waals surface area contributed by atoms with Gasteiger partial charge in [0.05, 0.1) is 11.7 Å². The Hall–Kier alpha value is -2.21. The van der Waals surface area contributed by atoms with E-state index < -0.39 is 0 Å². The van der Waals surface area contributed by atoms with Gasteiger partial charge in [0, 0.05) is 16.8 Å². The summed E-state index contributed by atoms with van der Waals surface area (Å²) in [5, 5.41) is 10.4. The molecule has 6 heteroatoms. The first-order valence-electron chi connectivity index (χ1n) is 9.54. The third kappa shape index (κ3) is 6.17. The van der Waals surface area contributed by atoms with Crippen molar-refractivity contribution in [3.8, 4) is 11.3 Å². The smallest absolute Gasteiger partial charge is 0.237 e. The highest BCUT2D eigenvalue weighted by Gasteiger charge is 2.24. The quantitative estimate of drug-likeness (QED) is 0.702. The van der Waals surface area contributed by atoms with Crippen molar-refractivity contribution < 1.29 is 9.18 Å². The molecule has 2 aromatic rings. The fraction of sp³-hybridized carbons (Fsp3) is 0.524. The fourth-order valence-corrected chi connectivity index (χ4v) is 2.70. The van der Waals surface area contributed by atoms with Gasteiger partial charge in [0.25, 0.3) is 0 Å². The summed E-state index contributed by atoms with van der Waals surface area (Å²) >= 11 is 0. The molecule has 0 aliphatic rings. The Morgan fingerprint density at radius 1 is 1.33 bits per heavy atom. The number of hydrogen-bond acceptors (Lipinski definition) is 3. The Balaban J connectivity index is 1.82. The van der Waals surface area contributed by atoms with Crippen molar-refractivity contribution in [1.82, 2.24) is 20.4 Å². The Bertz CT molecular complexity index is 739. The van der Waals surface area contributed by atoms with Crippen LogP contribution in [-0.2, 0) is 11.2 Å². The van der Waals surface area contributed by atoms with Crippen LogP contribution in [0.2, 0.25) is 0 Å². The highest BCUT2D eigenvalue weighted by Crippen LogP contribution is 2.18. The number of amides is 1. The molecule has 1 atom stereocenters. The zero-order valence-electron chi connectivity index (χ0n) is 17.0. The summed E-state index contributed by atoms with van der Waals surface area (Å²) < 4.78 is 13.0. The summed E-state index contributed by atoms with van der Waals surface area (Å²) in [5.41, 5.74) is 2.55. The number of nitrogens with one attached hydrogen (secondary N) is 2. The van der Waals surface area contributed by atoms with Gasteiger partial charge >= 0.3 is 0 Å². The number of hydrogen-bond donors (Lipinski definition) is 2. The van der Waals surface area contributed by atoms with Gasteiger partial charge in [-0.3, -0.25) is 14.8 Å². The van der Waals surface area contributed by atoms with Crippen molar-refractivity contribution >= 4 is 5.91 Å². The van der Waals surface area contributed by atoms with E-state index in [2.05, 4.69) is 27.3 Å². The summed E-state index contributed by atoms with van der Waals surface area (Å²) in [6, 6.07) is 8.14. The topological polar surface area (TPSA) is 61.0 Å². The highest BCUT2D eigenvalue weighted by molar-refractivity contribution is 5.81. The van der Waals surface area contributed by atoms with Crippen LogP contribution in [-0.4, -0.2) is 46.2 Å².